The number of anilines is 2. The maximum atomic E-state index is 11.6. The molecular weight excluding hydrogens is 270 g/mol. The normalized spacial score (nSPS) is 9.71. The number of rotatable bonds is 5. The van der Waals surface area contributed by atoms with E-state index < -0.39 is 11.8 Å². The Kier molecular flexibility index (Phi) is 5.22. The molecule has 21 heavy (non-hydrogen) atoms. The third-order valence-corrected chi connectivity index (χ3v) is 2.51. The minimum atomic E-state index is -0.721. The van der Waals surface area contributed by atoms with Gasteiger partial charge in [-0.3, -0.25) is 14.6 Å². The lowest BCUT2D eigenvalue weighted by Crippen LogP contribution is -2.37. The molecule has 0 aliphatic carbocycles. The molecule has 0 atom stereocenters. The number of amides is 2. The molecular formula is C14H15N5O2. The van der Waals surface area contributed by atoms with E-state index in [1.54, 1.807) is 24.5 Å². The highest BCUT2D eigenvalue weighted by Crippen LogP contribution is 2.01. The van der Waals surface area contributed by atoms with Crippen LogP contribution in [0.4, 0.5) is 11.5 Å². The van der Waals surface area contributed by atoms with Crippen LogP contribution in [0.1, 0.15) is 0 Å². The third kappa shape index (κ3) is 4.90. The van der Waals surface area contributed by atoms with Gasteiger partial charge in [0.25, 0.3) is 0 Å². The van der Waals surface area contributed by atoms with Crippen molar-refractivity contribution in [1.82, 2.24) is 15.3 Å². The largest absolute Gasteiger partial charge is 0.368 e. The Labute approximate surface area is 121 Å². The van der Waals surface area contributed by atoms with Gasteiger partial charge < -0.3 is 16.0 Å². The molecule has 108 valence electrons. The Bertz CT molecular complexity index is 589. The molecule has 2 aromatic rings. The second-order valence-electron chi connectivity index (χ2n) is 4.09. The summed E-state index contributed by atoms with van der Waals surface area (Å²) in [7, 11) is 0. The third-order valence-electron chi connectivity index (χ3n) is 2.51. The van der Waals surface area contributed by atoms with E-state index >= 15 is 0 Å². The fourth-order valence-electron chi connectivity index (χ4n) is 1.54. The van der Waals surface area contributed by atoms with Crippen LogP contribution in [0.25, 0.3) is 0 Å². The van der Waals surface area contributed by atoms with Gasteiger partial charge in [0.05, 0.1) is 11.9 Å². The summed E-state index contributed by atoms with van der Waals surface area (Å²) < 4.78 is 0. The summed E-state index contributed by atoms with van der Waals surface area (Å²) in [5.74, 6) is -0.700. The highest BCUT2D eigenvalue weighted by Gasteiger charge is 2.12. The summed E-state index contributed by atoms with van der Waals surface area (Å²) in [5, 5.41) is 7.99. The highest BCUT2D eigenvalue weighted by molar-refractivity contribution is 6.39. The van der Waals surface area contributed by atoms with E-state index in [1.165, 1.54) is 6.20 Å². The number of pyridine rings is 2. The molecule has 0 saturated carbocycles. The average Bonchev–Trinajstić information content (AvgIpc) is 2.53. The van der Waals surface area contributed by atoms with Gasteiger partial charge in [-0.05, 0) is 24.3 Å². The average molecular weight is 285 g/mol. The van der Waals surface area contributed by atoms with Crippen LogP contribution >= 0.6 is 0 Å². The Morgan fingerprint density at radius 2 is 1.90 bits per heavy atom. The molecule has 3 N–H and O–H groups in total. The molecule has 0 saturated heterocycles. The maximum absolute atomic E-state index is 11.6. The first-order valence-electron chi connectivity index (χ1n) is 6.40. The van der Waals surface area contributed by atoms with Gasteiger partial charge >= 0.3 is 11.8 Å². The van der Waals surface area contributed by atoms with Crippen molar-refractivity contribution in [2.45, 2.75) is 0 Å². The predicted octanol–water partition coefficient (Wildman–Crippen LogP) is 0.643. The van der Waals surface area contributed by atoms with Crippen LogP contribution in [0, 0.1) is 0 Å². The van der Waals surface area contributed by atoms with Crippen molar-refractivity contribution in [1.29, 1.82) is 0 Å². The Morgan fingerprint density at radius 3 is 2.62 bits per heavy atom. The van der Waals surface area contributed by atoms with Gasteiger partial charge in [-0.25, -0.2) is 4.98 Å². The SMILES string of the molecule is O=C(NCCNc1ccccn1)C(=O)Nc1cccnc1. The second-order valence-corrected chi connectivity index (χ2v) is 4.09. The van der Waals surface area contributed by atoms with E-state index in [0.717, 1.165) is 0 Å². The zero-order valence-electron chi connectivity index (χ0n) is 11.2. The summed E-state index contributed by atoms with van der Waals surface area (Å²) in [5.41, 5.74) is 0.476. The van der Waals surface area contributed by atoms with E-state index in [9.17, 15) is 9.59 Å². The zero-order valence-corrected chi connectivity index (χ0v) is 11.2. The molecule has 7 nitrogen and oxygen atoms in total. The second kappa shape index (κ2) is 7.59. The van der Waals surface area contributed by atoms with Gasteiger partial charge in [-0.15, -0.1) is 0 Å². The van der Waals surface area contributed by atoms with Crippen LogP contribution in [0.15, 0.2) is 48.9 Å². The van der Waals surface area contributed by atoms with Crippen molar-refractivity contribution >= 4 is 23.3 Å². The van der Waals surface area contributed by atoms with Gasteiger partial charge in [0, 0.05) is 25.5 Å². The van der Waals surface area contributed by atoms with Crippen LogP contribution in [0.5, 0.6) is 0 Å². The zero-order chi connectivity index (χ0) is 14.9. The fourth-order valence-corrected chi connectivity index (χ4v) is 1.54. The van der Waals surface area contributed by atoms with Crippen molar-refractivity contribution in [2.75, 3.05) is 23.7 Å². The van der Waals surface area contributed by atoms with Gasteiger partial charge in [0.2, 0.25) is 0 Å². The van der Waals surface area contributed by atoms with Gasteiger partial charge in [0.1, 0.15) is 5.82 Å². The number of aromatic nitrogens is 2. The number of hydrogen-bond acceptors (Lipinski definition) is 5. The molecule has 2 aromatic heterocycles. The first-order valence-corrected chi connectivity index (χ1v) is 6.40. The van der Waals surface area contributed by atoms with Gasteiger partial charge in [-0.1, -0.05) is 6.07 Å². The highest BCUT2D eigenvalue weighted by atomic mass is 16.2. The summed E-state index contributed by atoms with van der Waals surface area (Å²) in [4.78, 5) is 31.1. The number of nitrogens with one attached hydrogen (secondary N) is 3. The molecule has 2 heterocycles. The van der Waals surface area contributed by atoms with E-state index in [0.29, 0.717) is 24.6 Å². The molecule has 0 aliphatic rings. The molecule has 0 aromatic carbocycles. The van der Waals surface area contributed by atoms with Crippen molar-refractivity contribution in [3.63, 3.8) is 0 Å². The van der Waals surface area contributed by atoms with E-state index in [1.807, 2.05) is 18.2 Å². The maximum Gasteiger partial charge on any atom is 0.313 e. The standard InChI is InChI=1S/C14H15N5O2/c20-13(14(21)19-11-4-3-6-15-10-11)18-9-8-17-12-5-1-2-7-16-12/h1-7,10H,8-9H2,(H,16,17)(H,18,20)(H,19,21). The van der Waals surface area contributed by atoms with Crippen LogP contribution in [0.3, 0.4) is 0 Å². The lowest BCUT2D eigenvalue weighted by Gasteiger charge is -2.07. The van der Waals surface area contributed by atoms with E-state index in [4.69, 9.17) is 0 Å². The van der Waals surface area contributed by atoms with Crippen molar-refractivity contribution in [3.8, 4) is 0 Å². The molecule has 0 aliphatic heterocycles. The predicted molar refractivity (Wildman–Crippen MR) is 78.6 cm³/mol. The fraction of sp³-hybridized carbons (Fsp3) is 0.143. The molecule has 0 fully saturated rings. The minimum Gasteiger partial charge on any atom is -0.368 e. The van der Waals surface area contributed by atoms with E-state index in [-0.39, 0.29) is 0 Å². The first kappa shape index (κ1) is 14.4. The summed E-state index contributed by atoms with van der Waals surface area (Å²) in [6.07, 6.45) is 4.72. The summed E-state index contributed by atoms with van der Waals surface area (Å²) in [6.45, 7) is 0.790. The monoisotopic (exact) mass is 285 g/mol. The smallest absolute Gasteiger partial charge is 0.313 e. The van der Waals surface area contributed by atoms with Crippen molar-refractivity contribution in [3.05, 3.63) is 48.9 Å². The minimum absolute atomic E-state index is 0.315. The Morgan fingerprint density at radius 1 is 1.00 bits per heavy atom. The van der Waals surface area contributed by atoms with Crippen molar-refractivity contribution in [2.24, 2.45) is 0 Å². The lowest BCUT2D eigenvalue weighted by atomic mass is 10.4. The molecule has 0 spiro atoms. The number of carbonyl (C=O) groups is 2. The summed E-state index contributed by atoms with van der Waals surface area (Å²) in [6, 6.07) is 8.81. The van der Waals surface area contributed by atoms with Crippen LogP contribution in [0.2, 0.25) is 0 Å². The molecule has 0 radical (unpaired) electrons. The number of carbonyl (C=O) groups excluding carboxylic acids is 2. The van der Waals surface area contributed by atoms with E-state index in [2.05, 4.69) is 25.9 Å². The molecule has 2 amide bonds. The lowest BCUT2D eigenvalue weighted by molar-refractivity contribution is -0.136. The molecule has 0 bridgehead atoms. The molecule has 2 rings (SSSR count). The number of hydrogen-bond donors (Lipinski definition) is 3. The van der Waals surface area contributed by atoms with Gasteiger partial charge in [-0.2, -0.15) is 0 Å². The van der Waals surface area contributed by atoms with Crippen LogP contribution < -0.4 is 16.0 Å². The molecule has 0 unspecified atom stereocenters. The quantitative estimate of drug-likeness (QED) is 0.553. The van der Waals surface area contributed by atoms with Crippen molar-refractivity contribution < 1.29 is 9.59 Å². The Balaban J connectivity index is 1.68. The van der Waals surface area contributed by atoms with Gasteiger partial charge in [0.15, 0.2) is 0 Å². The van der Waals surface area contributed by atoms with Crippen LogP contribution in [-0.4, -0.2) is 34.9 Å². The topological polar surface area (TPSA) is 96.0 Å². The Hall–Kier alpha value is -2.96. The summed E-state index contributed by atoms with van der Waals surface area (Å²) >= 11 is 0. The first-order chi connectivity index (χ1) is 10.3. The number of nitrogens with zero attached hydrogens (tertiary/aromatic N) is 2. The molecule has 7 heteroatoms. The van der Waals surface area contributed by atoms with Crippen LogP contribution in [-0.2, 0) is 9.59 Å².